The predicted octanol–water partition coefficient (Wildman–Crippen LogP) is 2.90. The van der Waals surface area contributed by atoms with E-state index in [2.05, 4.69) is 0 Å². The van der Waals surface area contributed by atoms with Crippen LogP contribution in [0.5, 0.6) is 5.75 Å². The van der Waals surface area contributed by atoms with Gasteiger partial charge in [0.05, 0.1) is 16.2 Å². The number of fused-ring (bicyclic) bond motifs is 1. The number of carboxylic acids is 1. The molecule has 1 saturated heterocycles. The van der Waals surface area contributed by atoms with Crippen molar-refractivity contribution in [2.75, 3.05) is 6.61 Å². The number of hydrogen-bond acceptors (Lipinski definition) is 5. The van der Waals surface area contributed by atoms with Crippen LogP contribution in [0, 0.1) is 11.3 Å². The highest BCUT2D eigenvalue weighted by molar-refractivity contribution is 8.04. The molecular formula is C19H21NO5S. The monoisotopic (exact) mass is 375 g/mol. The van der Waals surface area contributed by atoms with Crippen molar-refractivity contribution in [3.63, 3.8) is 0 Å². The van der Waals surface area contributed by atoms with E-state index in [0.29, 0.717) is 10.7 Å². The highest BCUT2D eigenvalue weighted by Gasteiger charge is 2.56. The molecule has 0 unspecified atom stereocenters. The van der Waals surface area contributed by atoms with Gasteiger partial charge in [-0.2, -0.15) is 0 Å². The van der Waals surface area contributed by atoms with E-state index in [0.717, 1.165) is 0 Å². The summed E-state index contributed by atoms with van der Waals surface area (Å²) in [7, 11) is 0. The van der Waals surface area contributed by atoms with Crippen LogP contribution >= 0.6 is 11.8 Å². The third-order valence-corrected chi connectivity index (χ3v) is 5.86. The first-order valence-corrected chi connectivity index (χ1v) is 9.25. The Kier molecular flexibility index (Phi) is 4.84. The molecule has 138 valence electrons. The quantitative estimate of drug-likeness (QED) is 0.770. The van der Waals surface area contributed by atoms with E-state index in [9.17, 15) is 19.5 Å². The fourth-order valence-electron chi connectivity index (χ4n) is 2.92. The van der Waals surface area contributed by atoms with E-state index in [4.69, 9.17) is 4.74 Å². The maximum absolute atomic E-state index is 12.5. The lowest BCUT2D eigenvalue weighted by Crippen LogP contribution is -2.58. The molecule has 6 nitrogen and oxygen atoms in total. The van der Waals surface area contributed by atoms with Gasteiger partial charge in [-0.3, -0.25) is 14.5 Å². The number of hydrogen-bond donors (Lipinski definition) is 1. The standard InChI is InChI=1S/C19H21NO5S/c1-19(2,3)14(21)9-12-16(22)20-15(18(23)24)13(26-17(12)20)10-25-11-7-5-4-6-8-11/h4-8,12,17H,9-10H2,1-3H3,(H,23,24)/t12-,17-/m1/s1. The van der Waals surface area contributed by atoms with E-state index in [1.165, 1.54) is 16.7 Å². The van der Waals surface area contributed by atoms with E-state index in [-0.39, 0.29) is 35.8 Å². The van der Waals surface area contributed by atoms with Crippen LogP contribution in [0.15, 0.2) is 40.9 Å². The summed E-state index contributed by atoms with van der Waals surface area (Å²) in [5.74, 6) is -1.30. The molecule has 0 spiro atoms. The Morgan fingerprint density at radius 3 is 2.46 bits per heavy atom. The Hall–Kier alpha value is -2.28. The molecule has 1 N–H and O–H groups in total. The van der Waals surface area contributed by atoms with Gasteiger partial charge in [0.25, 0.3) is 0 Å². The van der Waals surface area contributed by atoms with Gasteiger partial charge in [-0.1, -0.05) is 50.7 Å². The zero-order valence-corrected chi connectivity index (χ0v) is 15.7. The number of carboxylic acid groups (broad SMARTS) is 1. The lowest BCUT2D eigenvalue weighted by molar-refractivity contribution is -0.153. The summed E-state index contributed by atoms with van der Waals surface area (Å²) in [6.07, 6.45) is 0.135. The number of carbonyl (C=O) groups is 3. The lowest BCUT2D eigenvalue weighted by atomic mass is 9.82. The summed E-state index contributed by atoms with van der Waals surface area (Å²) >= 11 is 1.31. The van der Waals surface area contributed by atoms with Gasteiger partial charge < -0.3 is 9.84 Å². The number of para-hydroxylation sites is 1. The van der Waals surface area contributed by atoms with Crippen LogP contribution in [-0.4, -0.2) is 39.6 Å². The van der Waals surface area contributed by atoms with E-state index >= 15 is 0 Å². The number of aliphatic carboxylic acids is 1. The first-order chi connectivity index (χ1) is 12.2. The highest BCUT2D eigenvalue weighted by Crippen LogP contribution is 2.50. The Labute approximate surface area is 156 Å². The van der Waals surface area contributed by atoms with Crippen LogP contribution in [0.3, 0.4) is 0 Å². The molecule has 0 saturated carbocycles. The summed E-state index contributed by atoms with van der Waals surface area (Å²) in [5.41, 5.74) is -0.549. The number of ether oxygens (including phenoxy) is 1. The van der Waals surface area contributed by atoms with Crippen LogP contribution in [0.1, 0.15) is 27.2 Å². The lowest BCUT2D eigenvalue weighted by Gasteiger charge is -2.42. The highest BCUT2D eigenvalue weighted by atomic mass is 32.2. The zero-order chi connectivity index (χ0) is 19.1. The minimum Gasteiger partial charge on any atom is -0.488 e. The van der Waals surface area contributed by atoms with Gasteiger partial charge >= 0.3 is 5.97 Å². The van der Waals surface area contributed by atoms with Crippen LogP contribution in [-0.2, 0) is 14.4 Å². The van der Waals surface area contributed by atoms with Crippen LogP contribution in [0.2, 0.25) is 0 Å². The van der Waals surface area contributed by atoms with Crippen LogP contribution < -0.4 is 4.74 Å². The molecule has 1 aromatic rings. The summed E-state index contributed by atoms with van der Waals surface area (Å²) < 4.78 is 5.65. The number of ketones is 1. The molecule has 2 heterocycles. The molecule has 26 heavy (non-hydrogen) atoms. The Balaban J connectivity index is 1.73. The van der Waals surface area contributed by atoms with Gasteiger partial charge in [0.1, 0.15) is 23.8 Å². The van der Waals surface area contributed by atoms with E-state index in [1.54, 1.807) is 12.1 Å². The number of amides is 1. The summed E-state index contributed by atoms with van der Waals surface area (Å²) in [6, 6.07) is 9.08. The van der Waals surface area contributed by atoms with Gasteiger partial charge in [0.2, 0.25) is 5.91 Å². The minimum atomic E-state index is -1.15. The number of carbonyl (C=O) groups excluding carboxylic acids is 2. The Morgan fingerprint density at radius 1 is 1.23 bits per heavy atom. The molecule has 3 rings (SSSR count). The van der Waals surface area contributed by atoms with Crippen molar-refractivity contribution in [2.45, 2.75) is 32.6 Å². The molecule has 0 radical (unpaired) electrons. The first-order valence-electron chi connectivity index (χ1n) is 8.37. The number of thioether (sulfide) groups is 1. The smallest absolute Gasteiger partial charge is 0.353 e. The van der Waals surface area contributed by atoms with Gasteiger partial charge in [-0.15, -0.1) is 0 Å². The minimum absolute atomic E-state index is 0.00182. The number of nitrogens with zero attached hydrogens (tertiary/aromatic N) is 1. The number of β-lactam (4-membered cyclic amide) rings is 1. The topological polar surface area (TPSA) is 83.9 Å². The van der Waals surface area contributed by atoms with Crippen molar-refractivity contribution < 1.29 is 24.2 Å². The maximum atomic E-state index is 12.5. The molecule has 0 aromatic heterocycles. The number of Topliss-reactive ketones (excluding diaryl/α,β-unsaturated/α-hetero) is 1. The SMILES string of the molecule is CC(C)(C)C(=O)C[C@@H]1C(=O)N2C(C(=O)O)=C(COc3ccccc3)S[C@H]12. The normalized spacial score (nSPS) is 22.1. The summed E-state index contributed by atoms with van der Waals surface area (Å²) in [6.45, 7) is 5.53. The fraction of sp³-hybridized carbons (Fsp3) is 0.421. The molecule has 1 amide bonds. The van der Waals surface area contributed by atoms with Gasteiger partial charge in [-0.25, -0.2) is 4.79 Å². The van der Waals surface area contributed by atoms with Crippen molar-refractivity contribution in [2.24, 2.45) is 11.3 Å². The van der Waals surface area contributed by atoms with Crippen molar-refractivity contribution in [1.29, 1.82) is 0 Å². The second-order valence-corrected chi connectivity index (χ2v) is 8.59. The average molecular weight is 375 g/mol. The molecule has 2 atom stereocenters. The second-order valence-electron chi connectivity index (χ2n) is 7.38. The third-order valence-electron chi connectivity index (χ3n) is 4.48. The van der Waals surface area contributed by atoms with Gasteiger partial charge in [0, 0.05) is 11.8 Å². The number of rotatable bonds is 6. The summed E-state index contributed by atoms with van der Waals surface area (Å²) in [4.78, 5) is 38.2. The second kappa shape index (κ2) is 6.79. The molecule has 7 heteroatoms. The van der Waals surface area contributed by atoms with Crippen LogP contribution in [0.4, 0.5) is 0 Å². The van der Waals surface area contributed by atoms with E-state index < -0.39 is 17.3 Å². The van der Waals surface area contributed by atoms with Crippen molar-refractivity contribution in [3.8, 4) is 5.75 Å². The molecular weight excluding hydrogens is 354 g/mol. The van der Waals surface area contributed by atoms with Gasteiger partial charge in [-0.05, 0) is 12.1 Å². The van der Waals surface area contributed by atoms with Crippen molar-refractivity contribution in [1.82, 2.24) is 4.90 Å². The number of benzene rings is 1. The molecule has 1 aromatic carbocycles. The zero-order valence-electron chi connectivity index (χ0n) is 14.9. The van der Waals surface area contributed by atoms with Crippen molar-refractivity contribution in [3.05, 3.63) is 40.9 Å². The third kappa shape index (κ3) is 3.35. The summed E-state index contributed by atoms with van der Waals surface area (Å²) in [5, 5.41) is 9.19. The Morgan fingerprint density at radius 2 is 1.88 bits per heavy atom. The first kappa shape index (κ1) is 18.5. The largest absolute Gasteiger partial charge is 0.488 e. The fourth-order valence-corrected chi connectivity index (χ4v) is 4.32. The maximum Gasteiger partial charge on any atom is 0.353 e. The Bertz CT molecular complexity index is 781. The van der Waals surface area contributed by atoms with E-state index in [1.807, 2.05) is 39.0 Å². The molecule has 2 aliphatic rings. The molecule has 2 aliphatic heterocycles. The molecule has 0 aliphatic carbocycles. The average Bonchev–Trinajstić information content (AvgIpc) is 2.93. The van der Waals surface area contributed by atoms with Gasteiger partial charge in [0.15, 0.2) is 0 Å². The van der Waals surface area contributed by atoms with Crippen molar-refractivity contribution >= 4 is 29.4 Å². The molecule has 0 bridgehead atoms. The molecule has 1 fully saturated rings. The van der Waals surface area contributed by atoms with Crippen LogP contribution in [0.25, 0.3) is 0 Å². The predicted molar refractivity (Wildman–Crippen MR) is 97.4 cm³/mol.